The zero-order chi connectivity index (χ0) is 17.2. The van der Waals surface area contributed by atoms with Crippen LogP contribution in [0.25, 0.3) is 0 Å². The summed E-state index contributed by atoms with van der Waals surface area (Å²) in [6, 6.07) is 4.43. The van der Waals surface area contributed by atoms with Crippen LogP contribution in [0.1, 0.15) is 49.4 Å². The number of carbonyl (C=O) groups excluding carboxylic acids is 1. The average molecular weight is 343 g/mol. The Morgan fingerprint density at radius 1 is 1.12 bits per heavy atom. The number of rotatable bonds is 3. The van der Waals surface area contributed by atoms with Gasteiger partial charge in [0.2, 0.25) is 5.91 Å². The highest BCUT2D eigenvalue weighted by Gasteiger charge is 2.33. The van der Waals surface area contributed by atoms with Crippen molar-refractivity contribution >= 4 is 11.6 Å². The SMILES string of the molecule is Cc1cc(N2CCOCC2)cc(C2CCCN(C(=O)C3CCC3)C2)n1. The second kappa shape index (κ2) is 7.32. The maximum atomic E-state index is 12.6. The molecular formula is C20H29N3O2. The second-order valence-corrected chi connectivity index (χ2v) is 7.74. The summed E-state index contributed by atoms with van der Waals surface area (Å²) in [5.74, 6) is 1.06. The summed E-state index contributed by atoms with van der Waals surface area (Å²) in [5.41, 5.74) is 3.49. The number of ether oxygens (including phenoxy) is 1. The quantitative estimate of drug-likeness (QED) is 0.847. The number of pyridine rings is 1. The topological polar surface area (TPSA) is 45.7 Å². The third-order valence-corrected chi connectivity index (χ3v) is 5.94. The van der Waals surface area contributed by atoms with E-state index in [9.17, 15) is 4.79 Å². The molecule has 0 radical (unpaired) electrons. The summed E-state index contributed by atoms with van der Waals surface area (Å²) >= 11 is 0. The van der Waals surface area contributed by atoms with Crippen LogP contribution >= 0.6 is 0 Å². The Balaban J connectivity index is 1.50. The Morgan fingerprint density at radius 3 is 2.64 bits per heavy atom. The normalized spacial score (nSPS) is 24.9. The molecular weight excluding hydrogens is 314 g/mol. The number of aromatic nitrogens is 1. The van der Waals surface area contributed by atoms with Gasteiger partial charge in [-0.1, -0.05) is 6.42 Å². The zero-order valence-electron chi connectivity index (χ0n) is 15.2. The van der Waals surface area contributed by atoms with Crippen molar-refractivity contribution in [3.63, 3.8) is 0 Å². The van der Waals surface area contributed by atoms with E-state index in [4.69, 9.17) is 9.72 Å². The van der Waals surface area contributed by atoms with Crippen LogP contribution in [0.2, 0.25) is 0 Å². The van der Waals surface area contributed by atoms with Gasteiger partial charge in [-0.25, -0.2) is 0 Å². The van der Waals surface area contributed by atoms with E-state index in [0.717, 1.165) is 76.5 Å². The van der Waals surface area contributed by atoms with Crippen LogP contribution in [0, 0.1) is 12.8 Å². The largest absolute Gasteiger partial charge is 0.378 e. The summed E-state index contributed by atoms with van der Waals surface area (Å²) in [6.45, 7) is 7.32. The van der Waals surface area contributed by atoms with E-state index in [1.54, 1.807) is 0 Å². The smallest absolute Gasteiger partial charge is 0.225 e. The number of aryl methyl sites for hydroxylation is 1. The molecule has 1 aromatic heterocycles. The lowest BCUT2D eigenvalue weighted by Gasteiger charge is -2.37. The number of piperidine rings is 1. The number of amides is 1. The van der Waals surface area contributed by atoms with Crippen LogP contribution in [0.15, 0.2) is 12.1 Å². The van der Waals surface area contributed by atoms with E-state index < -0.39 is 0 Å². The number of hydrogen-bond donors (Lipinski definition) is 0. The zero-order valence-corrected chi connectivity index (χ0v) is 15.2. The molecule has 5 nitrogen and oxygen atoms in total. The molecule has 0 spiro atoms. The molecule has 0 bridgehead atoms. The summed E-state index contributed by atoms with van der Waals surface area (Å²) in [7, 11) is 0. The van der Waals surface area contributed by atoms with Gasteiger partial charge in [0.1, 0.15) is 0 Å². The highest BCUT2D eigenvalue weighted by molar-refractivity contribution is 5.79. The molecule has 0 N–H and O–H groups in total. The predicted molar refractivity (Wildman–Crippen MR) is 97.9 cm³/mol. The van der Waals surface area contributed by atoms with Gasteiger partial charge in [-0.2, -0.15) is 0 Å². The van der Waals surface area contributed by atoms with E-state index in [-0.39, 0.29) is 0 Å². The van der Waals surface area contributed by atoms with Gasteiger partial charge in [0.25, 0.3) is 0 Å². The fourth-order valence-corrected chi connectivity index (χ4v) is 4.22. The number of nitrogens with zero attached hydrogens (tertiary/aromatic N) is 3. The van der Waals surface area contributed by atoms with Crippen molar-refractivity contribution in [1.29, 1.82) is 0 Å². The van der Waals surface area contributed by atoms with Gasteiger partial charge < -0.3 is 14.5 Å². The van der Waals surface area contributed by atoms with E-state index in [0.29, 0.717) is 17.7 Å². The summed E-state index contributed by atoms with van der Waals surface area (Å²) in [5, 5.41) is 0. The number of hydrogen-bond acceptors (Lipinski definition) is 4. The van der Waals surface area contributed by atoms with Gasteiger partial charge >= 0.3 is 0 Å². The molecule has 3 fully saturated rings. The predicted octanol–water partition coefficient (Wildman–Crippen LogP) is 2.73. The van der Waals surface area contributed by atoms with Crippen LogP contribution in [0.3, 0.4) is 0 Å². The maximum Gasteiger partial charge on any atom is 0.225 e. The van der Waals surface area contributed by atoms with Crippen molar-refractivity contribution in [2.45, 2.75) is 44.9 Å². The van der Waals surface area contributed by atoms with Gasteiger partial charge in [0.15, 0.2) is 0 Å². The van der Waals surface area contributed by atoms with Crippen LogP contribution in [-0.4, -0.2) is 55.2 Å². The van der Waals surface area contributed by atoms with Gasteiger partial charge in [-0.15, -0.1) is 0 Å². The molecule has 0 aromatic carbocycles. The molecule has 136 valence electrons. The van der Waals surface area contributed by atoms with Gasteiger partial charge in [-0.3, -0.25) is 9.78 Å². The highest BCUT2D eigenvalue weighted by atomic mass is 16.5. The number of likely N-dealkylation sites (tertiary alicyclic amines) is 1. The molecule has 25 heavy (non-hydrogen) atoms. The molecule has 2 saturated heterocycles. The molecule has 3 aliphatic rings. The molecule has 2 aliphatic heterocycles. The maximum absolute atomic E-state index is 12.6. The lowest BCUT2D eigenvalue weighted by atomic mass is 9.83. The van der Waals surface area contributed by atoms with Crippen LogP contribution in [0.5, 0.6) is 0 Å². The third-order valence-electron chi connectivity index (χ3n) is 5.94. The van der Waals surface area contributed by atoms with Crippen molar-refractivity contribution in [3.8, 4) is 0 Å². The van der Waals surface area contributed by atoms with Crippen molar-refractivity contribution in [1.82, 2.24) is 9.88 Å². The van der Waals surface area contributed by atoms with Crippen LogP contribution < -0.4 is 4.90 Å². The van der Waals surface area contributed by atoms with Crippen molar-refractivity contribution in [2.75, 3.05) is 44.3 Å². The molecule has 1 saturated carbocycles. The Kier molecular flexibility index (Phi) is 4.93. The monoisotopic (exact) mass is 343 g/mol. The second-order valence-electron chi connectivity index (χ2n) is 7.74. The van der Waals surface area contributed by atoms with Crippen molar-refractivity contribution < 1.29 is 9.53 Å². The van der Waals surface area contributed by atoms with Gasteiger partial charge in [0, 0.05) is 55.1 Å². The van der Waals surface area contributed by atoms with E-state index >= 15 is 0 Å². The fourth-order valence-electron chi connectivity index (χ4n) is 4.22. The lowest BCUT2D eigenvalue weighted by molar-refractivity contribution is -0.139. The van der Waals surface area contributed by atoms with Crippen molar-refractivity contribution in [3.05, 3.63) is 23.5 Å². The molecule has 1 atom stereocenters. The first-order valence-electron chi connectivity index (χ1n) is 9.81. The van der Waals surface area contributed by atoms with Gasteiger partial charge in [-0.05, 0) is 44.7 Å². The standard InChI is InChI=1S/C20H29N3O2/c1-15-12-18(22-8-10-25-11-9-22)13-19(21-15)17-6-3-7-23(14-17)20(24)16-4-2-5-16/h12-13,16-17H,2-11,14H2,1H3. The first-order chi connectivity index (χ1) is 12.2. The van der Waals surface area contributed by atoms with E-state index in [1.165, 1.54) is 12.1 Å². The minimum atomic E-state index is 0.299. The summed E-state index contributed by atoms with van der Waals surface area (Å²) in [4.78, 5) is 21.9. The molecule has 1 unspecified atom stereocenters. The fraction of sp³-hybridized carbons (Fsp3) is 0.700. The molecule has 3 heterocycles. The molecule has 1 aliphatic carbocycles. The number of carbonyl (C=O) groups is 1. The van der Waals surface area contributed by atoms with E-state index in [2.05, 4.69) is 28.9 Å². The summed E-state index contributed by atoms with van der Waals surface area (Å²) < 4.78 is 5.48. The Morgan fingerprint density at radius 2 is 1.92 bits per heavy atom. The van der Waals surface area contributed by atoms with Crippen LogP contribution in [0.4, 0.5) is 5.69 Å². The molecule has 4 rings (SSSR count). The molecule has 1 amide bonds. The van der Waals surface area contributed by atoms with Crippen molar-refractivity contribution in [2.24, 2.45) is 5.92 Å². The third kappa shape index (κ3) is 3.66. The minimum Gasteiger partial charge on any atom is -0.378 e. The minimum absolute atomic E-state index is 0.299. The number of anilines is 1. The summed E-state index contributed by atoms with van der Waals surface area (Å²) in [6.07, 6.45) is 5.61. The Bertz CT molecular complexity index is 623. The van der Waals surface area contributed by atoms with Crippen LogP contribution in [-0.2, 0) is 9.53 Å². The van der Waals surface area contributed by atoms with Gasteiger partial charge in [0.05, 0.1) is 13.2 Å². The molecule has 1 aromatic rings. The van der Waals surface area contributed by atoms with E-state index in [1.807, 2.05) is 0 Å². The Hall–Kier alpha value is -1.62. The highest BCUT2D eigenvalue weighted by Crippen LogP contribution is 2.33. The first kappa shape index (κ1) is 16.8. The average Bonchev–Trinajstić information content (AvgIpc) is 2.60. The first-order valence-corrected chi connectivity index (χ1v) is 9.81. The molecule has 5 heteroatoms. The lowest BCUT2D eigenvalue weighted by Crippen LogP contribution is -2.44. The Labute approximate surface area is 150 Å². The number of morpholine rings is 1.